The fourth-order valence-electron chi connectivity index (χ4n) is 2.15. The molecule has 2 heterocycles. The molecule has 3 aromatic rings. The van der Waals surface area contributed by atoms with Crippen molar-refractivity contribution < 1.29 is 9.53 Å². The molecule has 0 saturated heterocycles. The van der Waals surface area contributed by atoms with Crippen LogP contribution in [0.15, 0.2) is 55.0 Å². The van der Waals surface area contributed by atoms with Crippen molar-refractivity contribution >= 4 is 6.29 Å². The number of carbonyl (C=O) groups is 1. The van der Waals surface area contributed by atoms with Crippen molar-refractivity contribution in [3.8, 4) is 22.7 Å². The number of hydrogen-bond acceptors (Lipinski definition) is 4. The molecule has 104 valence electrons. The van der Waals surface area contributed by atoms with Crippen molar-refractivity contribution in [1.82, 2.24) is 14.8 Å². The number of aldehydes is 1. The van der Waals surface area contributed by atoms with Crippen molar-refractivity contribution in [3.05, 3.63) is 60.6 Å². The average molecular weight is 279 g/mol. The van der Waals surface area contributed by atoms with E-state index in [1.165, 1.54) is 0 Å². The van der Waals surface area contributed by atoms with E-state index in [0.29, 0.717) is 17.0 Å². The third-order valence-corrected chi connectivity index (χ3v) is 3.16. The van der Waals surface area contributed by atoms with Gasteiger partial charge in [0.05, 0.1) is 18.4 Å². The second-order valence-corrected chi connectivity index (χ2v) is 4.40. The van der Waals surface area contributed by atoms with Gasteiger partial charge < -0.3 is 4.74 Å². The molecule has 5 nitrogen and oxygen atoms in total. The fraction of sp³-hybridized carbons (Fsp3) is 0.0625. The van der Waals surface area contributed by atoms with Crippen LogP contribution in [0.25, 0.3) is 16.9 Å². The molecule has 0 aliphatic heterocycles. The van der Waals surface area contributed by atoms with Crippen molar-refractivity contribution in [2.24, 2.45) is 0 Å². The minimum absolute atomic E-state index is 0.510. The first-order valence-corrected chi connectivity index (χ1v) is 6.42. The van der Waals surface area contributed by atoms with Gasteiger partial charge in [-0.1, -0.05) is 12.1 Å². The number of para-hydroxylation sites is 1. The zero-order chi connectivity index (χ0) is 14.7. The minimum atomic E-state index is 0.510. The number of hydrogen-bond donors (Lipinski definition) is 0. The van der Waals surface area contributed by atoms with Crippen molar-refractivity contribution in [1.29, 1.82) is 0 Å². The molecule has 0 aliphatic carbocycles. The average Bonchev–Trinajstić information content (AvgIpc) is 2.99. The third kappa shape index (κ3) is 2.41. The molecular formula is C16H13N3O2. The summed E-state index contributed by atoms with van der Waals surface area (Å²) in [5, 5.41) is 4.51. The molecule has 0 atom stereocenters. The molecule has 1 aromatic carbocycles. The van der Waals surface area contributed by atoms with Crippen LogP contribution < -0.4 is 4.74 Å². The van der Waals surface area contributed by atoms with Crippen molar-refractivity contribution in [3.63, 3.8) is 0 Å². The number of pyridine rings is 1. The van der Waals surface area contributed by atoms with Gasteiger partial charge in [0.15, 0.2) is 6.29 Å². The topological polar surface area (TPSA) is 57.0 Å². The number of rotatable bonds is 4. The fourth-order valence-corrected chi connectivity index (χ4v) is 2.15. The van der Waals surface area contributed by atoms with Gasteiger partial charge in [0.1, 0.15) is 11.4 Å². The third-order valence-electron chi connectivity index (χ3n) is 3.16. The van der Waals surface area contributed by atoms with E-state index in [2.05, 4.69) is 10.1 Å². The Balaban J connectivity index is 2.15. The van der Waals surface area contributed by atoms with Gasteiger partial charge in [0, 0.05) is 24.2 Å². The highest BCUT2D eigenvalue weighted by molar-refractivity contribution is 5.87. The highest BCUT2D eigenvalue weighted by Gasteiger charge is 2.15. The Bertz CT molecular complexity index is 766. The molecule has 0 radical (unpaired) electrons. The predicted octanol–water partition coefficient (Wildman–Crippen LogP) is 2.76. The van der Waals surface area contributed by atoms with Gasteiger partial charge in [-0.2, -0.15) is 5.10 Å². The Morgan fingerprint density at radius 1 is 1.14 bits per heavy atom. The van der Waals surface area contributed by atoms with Crippen LogP contribution in [0, 0.1) is 0 Å². The maximum Gasteiger partial charge on any atom is 0.153 e. The molecule has 0 fully saturated rings. The smallest absolute Gasteiger partial charge is 0.153 e. The Hall–Kier alpha value is -2.95. The first kappa shape index (κ1) is 13.1. The predicted molar refractivity (Wildman–Crippen MR) is 78.7 cm³/mol. The molecule has 0 aliphatic rings. The van der Waals surface area contributed by atoms with Gasteiger partial charge in [0.2, 0.25) is 0 Å². The summed E-state index contributed by atoms with van der Waals surface area (Å²) >= 11 is 0. The van der Waals surface area contributed by atoms with Gasteiger partial charge in [-0.3, -0.25) is 9.78 Å². The van der Waals surface area contributed by atoms with Crippen LogP contribution in [-0.2, 0) is 0 Å². The zero-order valence-corrected chi connectivity index (χ0v) is 11.4. The van der Waals surface area contributed by atoms with Crippen LogP contribution in [-0.4, -0.2) is 28.2 Å². The monoisotopic (exact) mass is 279 g/mol. The van der Waals surface area contributed by atoms with E-state index in [0.717, 1.165) is 17.5 Å². The molecule has 0 unspecified atom stereocenters. The number of methoxy groups -OCH3 is 1. The van der Waals surface area contributed by atoms with Gasteiger partial charge in [-0.05, 0) is 24.3 Å². The summed E-state index contributed by atoms with van der Waals surface area (Å²) in [6.07, 6.45) is 5.86. The Morgan fingerprint density at radius 2 is 1.90 bits per heavy atom. The maximum atomic E-state index is 11.3. The van der Waals surface area contributed by atoms with E-state index in [1.807, 2.05) is 36.4 Å². The van der Waals surface area contributed by atoms with Crippen LogP contribution in [0.4, 0.5) is 0 Å². The van der Waals surface area contributed by atoms with E-state index in [-0.39, 0.29) is 0 Å². The van der Waals surface area contributed by atoms with E-state index < -0.39 is 0 Å². The van der Waals surface area contributed by atoms with Crippen LogP contribution in [0.5, 0.6) is 5.75 Å². The molecule has 0 N–H and O–H groups in total. The molecule has 3 rings (SSSR count). The first-order valence-electron chi connectivity index (χ1n) is 6.42. The molecule has 0 saturated carbocycles. The standard InChI is InChI=1S/C16H13N3O2/c1-21-15-5-3-2-4-14(15)16-12(11-20)10-19(18-16)13-6-8-17-9-7-13/h2-11H,1H3. The van der Waals surface area contributed by atoms with Crippen molar-refractivity contribution in [2.45, 2.75) is 0 Å². The minimum Gasteiger partial charge on any atom is -0.496 e. The molecular weight excluding hydrogens is 266 g/mol. The van der Waals surface area contributed by atoms with Gasteiger partial charge in [0.25, 0.3) is 0 Å². The summed E-state index contributed by atoms with van der Waals surface area (Å²) in [5.74, 6) is 0.681. The summed E-state index contributed by atoms with van der Waals surface area (Å²) in [6, 6.07) is 11.1. The SMILES string of the molecule is COc1ccccc1-c1nn(-c2ccncc2)cc1C=O. The summed E-state index contributed by atoms with van der Waals surface area (Å²) in [4.78, 5) is 15.3. The Labute approximate surface area is 121 Å². The molecule has 5 heteroatoms. The largest absolute Gasteiger partial charge is 0.496 e. The van der Waals surface area contributed by atoms with E-state index in [9.17, 15) is 4.79 Å². The summed E-state index contributed by atoms with van der Waals surface area (Å²) in [5.41, 5.74) is 2.74. The molecule has 21 heavy (non-hydrogen) atoms. The van der Waals surface area contributed by atoms with Gasteiger partial charge in [-0.25, -0.2) is 4.68 Å². The number of benzene rings is 1. The lowest BCUT2D eigenvalue weighted by molar-refractivity contribution is 0.112. The second-order valence-electron chi connectivity index (χ2n) is 4.40. The zero-order valence-electron chi connectivity index (χ0n) is 11.4. The first-order chi connectivity index (χ1) is 10.3. The Morgan fingerprint density at radius 3 is 2.62 bits per heavy atom. The molecule has 0 amide bonds. The highest BCUT2D eigenvalue weighted by Crippen LogP contribution is 2.30. The maximum absolute atomic E-state index is 11.3. The van der Waals surface area contributed by atoms with Crippen molar-refractivity contribution in [2.75, 3.05) is 7.11 Å². The second kappa shape index (κ2) is 5.58. The lowest BCUT2D eigenvalue weighted by Crippen LogP contribution is -1.95. The molecule has 2 aromatic heterocycles. The number of carbonyl (C=O) groups excluding carboxylic acids is 1. The molecule has 0 spiro atoms. The lowest BCUT2D eigenvalue weighted by Gasteiger charge is -2.06. The lowest BCUT2D eigenvalue weighted by atomic mass is 10.1. The highest BCUT2D eigenvalue weighted by atomic mass is 16.5. The molecule has 0 bridgehead atoms. The number of nitrogens with zero attached hydrogens (tertiary/aromatic N) is 3. The summed E-state index contributed by atoms with van der Waals surface area (Å²) in [6.45, 7) is 0. The van der Waals surface area contributed by atoms with E-state index in [1.54, 1.807) is 30.4 Å². The van der Waals surface area contributed by atoms with Gasteiger partial charge in [-0.15, -0.1) is 0 Å². The van der Waals surface area contributed by atoms with Crippen LogP contribution in [0.3, 0.4) is 0 Å². The van der Waals surface area contributed by atoms with Crippen LogP contribution in [0.1, 0.15) is 10.4 Å². The van der Waals surface area contributed by atoms with Gasteiger partial charge >= 0.3 is 0 Å². The summed E-state index contributed by atoms with van der Waals surface area (Å²) in [7, 11) is 1.60. The van der Waals surface area contributed by atoms with Crippen LogP contribution in [0.2, 0.25) is 0 Å². The van der Waals surface area contributed by atoms with E-state index in [4.69, 9.17) is 4.74 Å². The van der Waals surface area contributed by atoms with E-state index >= 15 is 0 Å². The quantitative estimate of drug-likeness (QED) is 0.689. The summed E-state index contributed by atoms with van der Waals surface area (Å²) < 4.78 is 7.00. The normalized spacial score (nSPS) is 10.3. The van der Waals surface area contributed by atoms with Crippen LogP contribution >= 0.6 is 0 Å². The Kier molecular flexibility index (Phi) is 3.47. The number of ether oxygens (including phenoxy) is 1. The number of aromatic nitrogens is 3.